The molecule has 0 fully saturated rings. The Morgan fingerprint density at radius 2 is 2.38 bits per heavy atom. The van der Waals surface area contributed by atoms with Crippen LogP contribution in [-0.2, 0) is 11.8 Å². The molecule has 1 amide bonds. The van der Waals surface area contributed by atoms with Gasteiger partial charge in [0.2, 0.25) is 5.91 Å². The van der Waals surface area contributed by atoms with Gasteiger partial charge in [0, 0.05) is 12.4 Å². The summed E-state index contributed by atoms with van der Waals surface area (Å²) in [5.41, 5.74) is 2.31. The zero-order valence-electron chi connectivity index (χ0n) is 8.99. The molecule has 2 rings (SSSR count). The lowest BCUT2D eigenvalue weighted by Gasteiger charge is -2.02. The number of alkyl halides is 1. The number of fused-ring (bicyclic) bond motifs is 1. The van der Waals surface area contributed by atoms with Crippen LogP contribution < -0.4 is 5.32 Å². The number of nitrogens with one attached hydrogen (secondary N) is 1. The molecule has 2 aromatic rings. The van der Waals surface area contributed by atoms with E-state index in [9.17, 15) is 4.79 Å². The maximum atomic E-state index is 11.1. The van der Waals surface area contributed by atoms with E-state index in [0.717, 1.165) is 16.7 Å². The summed E-state index contributed by atoms with van der Waals surface area (Å²) in [6.07, 6.45) is 1.59. The number of pyridine rings is 1. The standard InChI is InChI=1S/C10H11ClN4O/c1-6-8-3-7(13-9(16)4-11)5-12-10(8)15(2)14-6/h3,5H,4H2,1-2H3,(H,13,16). The van der Waals surface area contributed by atoms with Gasteiger partial charge in [-0.2, -0.15) is 5.10 Å². The molecule has 0 aliphatic rings. The minimum absolute atomic E-state index is 0.0654. The summed E-state index contributed by atoms with van der Waals surface area (Å²) in [5.74, 6) is -0.311. The van der Waals surface area contributed by atoms with Crippen molar-refractivity contribution in [2.75, 3.05) is 11.2 Å². The second-order valence-corrected chi connectivity index (χ2v) is 3.75. The van der Waals surface area contributed by atoms with Crippen molar-refractivity contribution in [3.05, 3.63) is 18.0 Å². The number of hydrogen-bond acceptors (Lipinski definition) is 3. The average Bonchev–Trinajstić information content (AvgIpc) is 2.54. The third-order valence-corrected chi connectivity index (χ3v) is 2.51. The van der Waals surface area contributed by atoms with Crippen LogP contribution in [0.25, 0.3) is 11.0 Å². The molecule has 2 aromatic heterocycles. The fourth-order valence-corrected chi connectivity index (χ4v) is 1.64. The highest BCUT2D eigenvalue weighted by Gasteiger charge is 2.08. The van der Waals surface area contributed by atoms with Gasteiger partial charge in [0.25, 0.3) is 0 Å². The Morgan fingerprint density at radius 3 is 3.06 bits per heavy atom. The zero-order valence-corrected chi connectivity index (χ0v) is 9.75. The van der Waals surface area contributed by atoms with Crippen LogP contribution in [0, 0.1) is 6.92 Å². The Morgan fingerprint density at radius 1 is 1.62 bits per heavy atom. The maximum absolute atomic E-state index is 11.1. The summed E-state index contributed by atoms with van der Waals surface area (Å²) in [5, 5.41) is 7.82. The van der Waals surface area contributed by atoms with E-state index >= 15 is 0 Å². The van der Waals surface area contributed by atoms with Gasteiger partial charge in [-0.25, -0.2) is 4.98 Å². The molecule has 0 radical (unpaired) electrons. The van der Waals surface area contributed by atoms with E-state index in [2.05, 4.69) is 15.4 Å². The van der Waals surface area contributed by atoms with Crippen molar-refractivity contribution in [3.8, 4) is 0 Å². The third-order valence-electron chi connectivity index (χ3n) is 2.27. The Balaban J connectivity index is 2.43. The second kappa shape index (κ2) is 4.09. The van der Waals surface area contributed by atoms with Gasteiger partial charge >= 0.3 is 0 Å². The van der Waals surface area contributed by atoms with Crippen molar-refractivity contribution < 1.29 is 4.79 Å². The van der Waals surface area contributed by atoms with Crippen LogP contribution in [-0.4, -0.2) is 26.6 Å². The quantitative estimate of drug-likeness (QED) is 0.806. The minimum Gasteiger partial charge on any atom is -0.324 e. The molecule has 0 atom stereocenters. The highest BCUT2D eigenvalue weighted by atomic mass is 35.5. The molecule has 0 aliphatic carbocycles. The first-order chi connectivity index (χ1) is 7.61. The fourth-order valence-electron chi connectivity index (χ4n) is 1.57. The number of carbonyl (C=O) groups is 1. The molecule has 16 heavy (non-hydrogen) atoms. The normalized spacial score (nSPS) is 10.7. The van der Waals surface area contributed by atoms with Crippen molar-refractivity contribution in [2.45, 2.75) is 6.92 Å². The summed E-state index contributed by atoms with van der Waals surface area (Å²) in [4.78, 5) is 15.3. The minimum atomic E-state index is -0.246. The molecule has 1 N–H and O–H groups in total. The van der Waals surface area contributed by atoms with Crippen LogP contribution >= 0.6 is 11.6 Å². The van der Waals surface area contributed by atoms with Crippen LogP contribution in [0.1, 0.15) is 5.69 Å². The second-order valence-electron chi connectivity index (χ2n) is 3.49. The molecule has 0 saturated heterocycles. The molecule has 0 bridgehead atoms. The number of amides is 1. The van der Waals surface area contributed by atoms with Crippen molar-refractivity contribution in [3.63, 3.8) is 0 Å². The lowest BCUT2D eigenvalue weighted by Crippen LogP contribution is -2.12. The van der Waals surface area contributed by atoms with Crippen LogP contribution in [0.4, 0.5) is 5.69 Å². The van der Waals surface area contributed by atoms with Gasteiger partial charge in [-0.1, -0.05) is 0 Å². The van der Waals surface area contributed by atoms with Gasteiger partial charge in [-0.15, -0.1) is 11.6 Å². The Hall–Kier alpha value is -1.62. The van der Waals surface area contributed by atoms with E-state index in [-0.39, 0.29) is 11.8 Å². The number of aryl methyl sites for hydroxylation is 2. The molecule has 6 heteroatoms. The van der Waals surface area contributed by atoms with Crippen molar-refractivity contribution in [2.24, 2.45) is 7.05 Å². The van der Waals surface area contributed by atoms with Crippen LogP contribution in [0.2, 0.25) is 0 Å². The lowest BCUT2D eigenvalue weighted by atomic mass is 10.2. The van der Waals surface area contributed by atoms with E-state index in [4.69, 9.17) is 11.6 Å². The summed E-state index contributed by atoms with van der Waals surface area (Å²) in [6.45, 7) is 1.90. The lowest BCUT2D eigenvalue weighted by molar-refractivity contribution is -0.113. The topological polar surface area (TPSA) is 59.8 Å². The number of anilines is 1. The predicted octanol–water partition coefficient (Wildman–Crippen LogP) is 1.45. The van der Waals surface area contributed by atoms with Gasteiger partial charge in [-0.3, -0.25) is 9.48 Å². The zero-order chi connectivity index (χ0) is 11.7. The predicted molar refractivity (Wildman–Crippen MR) is 62.6 cm³/mol. The third kappa shape index (κ3) is 1.86. The SMILES string of the molecule is Cc1nn(C)c2ncc(NC(=O)CCl)cc12. The number of halogens is 1. The van der Waals surface area contributed by atoms with E-state index < -0.39 is 0 Å². The van der Waals surface area contributed by atoms with Gasteiger partial charge < -0.3 is 5.32 Å². The fraction of sp³-hybridized carbons (Fsp3) is 0.300. The van der Waals surface area contributed by atoms with Crippen LogP contribution in [0.3, 0.4) is 0 Å². The summed E-state index contributed by atoms with van der Waals surface area (Å²) in [7, 11) is 1.83. The highest BCUT2D eigenvalue weighted by molar-refractivity contribution is 6.29. The molecule has 2 heterocycles. The van der Waals surface area contributed by atoms with E-state index in [1.807, 2.05) is 20.0 Å². The van der Waals surface area contributed by atoms with Crippen LogP contribution in [0.15, 0.2) is 12.3 Å². The number of carbonyl (C=O) groups excluding carboxylic acids is 1. The number of hydrogen-bond donors (Lipinski definition) is 1. The van der Waals surface area contributed by atoms with E-state index in [1.165, 1.54) is 0 Å². The van der Waals surface area contributed by atoms with Crippen LogP contribution in [0.5, 0.6) is 0 Å². The molecule has 0 saturated carbocycles. The van der Waals surface area contributed by atoms with Crippen molar-refractivity contribution in [1.82, 2.24) is 14.8 Å². The Labute approximate surface area is 97.4 Å². The molecule has 0 aromatic carbocycles. The molecule has 5 nitrogen and oxygen atoms in total. The first-order valence-electron chi connectivity index (χ1n) is 4.77. The van der Waals surface area contributed by atoms with Gasteiger partial charge in [0.1, 0.15) is 5.88 Å². The van der Waals surface area contributed by atoms with Gasteiger partial charge in [0.05, 0.1) is 17.6 Å². The first-order valence-corrected chi connectivity index (χ1v) is 5.30. The first kappa shape index (κ1) is 10.9. The number of rotatable bonds is 2. The largest absolute Gasteiger partial charge is 0.324 e. The Bertz CT molecular complexity index is 549. The van der Waals surface area contributed by atoms with E-state index in [0.29, 0.717) is 5.69 Å². The molecule has 0 spiro atoms. The number of nitrogens with zero attached hydrogens (tertiary/aromatic N) is 3. The summed E-state index contributed by atoms with van der Waals surface area (Å²) in [6, 6.07) is 1.84. The van der Waals surface area contributed by atoms with Crippen molar-refractivity contribution in [1.29, 1.82) is 0 Å². The maximum Gasteiger partial charge on any atom is 0.239 e. The summed E-state index contributed by atoms with van der Waals surface area (Å²) >= 11 is 5.41. The molecule has 0 unspecified atom stereocenters. The molecular weight excluding hydrogens is 228 g/mol. The average molecular weight is 239 g/mol. The van der Waals surface area contributed by atoms with Gasteiger partial charge in [0.15, 0.2) is 5.65 Å². The summed E-state index contributed by atoms with van der Waals surface area (Å²) < 4.78 is 1.71. The Kier molecular flexibility index (Phi) is 2.78. The van der Waals surface area contributed by atoms with E-state index in [1.54, 1.807) is 10.9 Å². The molecule has 84 valence electrons. The molecular formula is C10H11ClN4O. The van der Waals surface area contributed by atoms with Gasteiger partial charge in [-0.05, 0) is 13.0 Å². The highest BCUT2D eigenvalue weighted by Crippen LogP contribution is 2.19. The monoisotopic (exact) mass is 238 g/mol. The number of aromatic nitrogens is 3. The molecule has 0 aliphatic heterocycles. The van der Waals surface area contributed by atoms with Crippen molar-refractivity contribution >= 4 is 34.2 Å². The smallest absolute Gasteiger partial charge is 0.239 e.